The molecular formula is C20H18N4S. The van der Waals surface area contributed by atoms with Crippen molar-refractivity contribution in [3.05, 3.63) is 95.8 Å². The molecule has 0 aliphatic carbocycles. The van der Waals surface area contributed by atoms with Gasteiger partial charge in [-0.05, 0) is 43.4 Å². The summed E-state index contributed by atoms with van der Waals surface area (Å²) < 4.78 is 0. The van der Waals surface area contributed by atoms with E-state index < -0.39 is 0 Å². The number of aromatic nitrogens is 1. The fraction of sp³-hybridized carbons (Fsp3) is 0.0500. The highest BCUT2D eigenvalue weighted by atomic mass is 32.1. The normalized spacial score (nSPS) is 11.0. The molecule has 124 valence electrons. The van der Waals surface area contributed by atoms with E-state index in [2.05, 4.69) is 20.8 Å². The molecule has 3 rings (SSSR count). The summed E-state index contributed by atoms with van der Waals surface area (Å²) in [5.74, 6) is 0. The quantitative estimate of drug-likeness (QED) is 0.424. The SMILES string of the molecule is Cc1cccc(/C(=N\NC(=S)Nc2ccccc2)c2ccccc2)n1. The number of hydrazone groups is 1. The van der Waals surface area contributed by atoms with Crippen LogP contribution in [0.1, 0.15) is 17.0 Å². The summed E-state index contributed by atoms with van der Waals surface area (Å²) in [5, 5.41) is 8.03. The third-order valence-electron chi connectivity index (χ3n) is 3.48. The molecule has 0 unspecified atom stereocenters. The Kier molecular flexibility index (Phi) is 5.49. The Balaban J connectivity index is 1.84. The zero-order valence-electron chi connectivity index (χ0n) is 13.8. The molecule has 0 amide bonds. The lowest BCUT2D eigenvalue weighted by molar-refractivity contribution is 1.03. The Bertz CT molecular complexity index is 876. The van der Waals surface area contributed by atoms with E-state index in [4.69, 9.17) is 12.2 Å². The molecule has 0 saturated heterocycles. The zero-order chi connectivity index (χ0) is 17.5. The lowest BCUT2D eigenvalue weighted by Crippen LogP contribution is -2.25. The second kappa shape index (κ2) is 8.17. The molecule has 3 aromatic rings. The molecule has 0 spiro atoms. The van der Waals surface area contributed by atoms with Crippen LogP contribution in [0, 0.1) is 6.92 Å². The molecule has 0 atom stereocenters. The number of para-hydroxylation sites is 1. The molecule has 2 aromatic carbocycles. The van der Waals surface area contributed by atoms with Gasteiger partial charge in [0.2, 0.25) is 0 Å². The van der Waals surface area contributed by atoms with Gasteiger partial charge in [-0.15, -0.1) is 0 Å². The van der Waals surface area contributed by atoms with Gasteiger partial charge >= 0.3 is 0 Å². The molecule has 0 radical (unpaired) electrons. The van der Waals surface area contributed by atoms with Crippen LogP contribution in [0.5, 0.6) is 0 Å². The van der Waals surface area contributed by atoms with Gasteiger partial charge in [0.15, 0.2) is 5.11 Å². The van der Waals surface area contributed by atoms with Crippen LogP contribution in [0.3, 0.4) is 0 Å². The van der Waals surface area contributed by atoms with Crippen molar-refractivity contribution in [3.63, 3.8) is 0 Å². The van der Waals surface area contributed by atoms with E-state index in [1.54, 1.807) is 0 Å². The van der Waals surface area contributed by atoms with Crippen LogP contribution >= 0.6 is 12.2 Å². The molecule has 25 heavy (non-hydrogen) atoms. The Labute approximate surface area is 152 Å². The largest absolute Gasteiger partial charge is 0.331 e. The fourth-order valence-electron chi connectivity index (χ4n) is 2.33. The predicted octanol–water partition coefficient (Wildman–Crippen LogP) is 4.13. The van der Waals surface area contributed by atoms with Crippen molar-refractivity contribution in [2.75, 3.05) is 5.32 Å². The highest BCUT2D eigenvalue weighted by Gasteiger charge is 2.09. The molecule has 1 heterocycles. The van der Waals surface area contributed by atoms with Gasteiger partial charge in [-0.2, -0.15) is 5.10 Å². The number of hydrogen-bond donors (Lipinski definition) is 2. The Morgan fingerprint density at radius 2 is 1.56 bits per heavy atom. The minimum Gasteiger partial charge on any atom is -0.331 e. The van der Waals surface area contributed by atoms with Crippen LogP contribution in [-0.4, -0.2) is 15.8 Å². The number of hydrogen-bond acceptors (Lipinski definition) is 3. The number of thiocarbonyl (C=S) groups is 1. The number of nitrogens with zero attached hydrogens (tertiary/aromatic N) is 2. The van der Waals surface area contributed by atoms with Crippen LogP contribution in [0.4, 0.5) is 5.69 Å². The summed E-state index contributed by atoms with van der Waals surface area (Å²) in [6.45, 7) is 1.96. The van der Waals surface area contributed by atoms with Gasteiger partial charge in [0.1, 0.15) is 5.71 Å². The molecule has 1 aromatic heterocycles. The summed E-state index contributed by atoms with van der Waals surface area (Å²) in [5.41, 5.74) is 7.26. The molecule has 0 fully saturated rings. The number of benzene rings is 2. The zero-order valence-corrected chi connectivity index (χ0v) is 14.6. The van der Waals surface area contributed by atoms with Gasteiger partial charge in [-0.1, -0.05) is 54.6 Å². The van der Waals surface area contributed by atoms with Crippen LogP contribution in [0.15, 0.2) is 84.0 Å². The molecule has 4 nitrogen and oxygen atoms in total. The number of nitrogens with one attached hydrogen (secondary N) is 2. The maximum atomic E-state index is 5.33. The predicted molar refractivity (Wildman–Crippen MR) is 107 cm³/mol. The van der Waals surface area contributed by atoms with Crippen molar-refractivity contribution < 1.29 is 0 Å². The fourth-order valence-corrected chi connectivity index (χ4v) is 2.49. The van der Waals surface area contributed by atoms with E-state index in [1.165, 1.54) is 0 Å². The first-order valence-corrected chi connectivity index (χ1v) is 8.32. The third-order valence-corrected chi connectivity index (χ3v) is 3.67. The van der Waals surface area contributed by atoms with Gasteiger partial charge in [0.25, 0.3) is 0 Å². The minimum absolute atomic E-state index is 0.423. The molecule has 0 bridgehead atoms. The average molecular weight is 346 g/mol. The second-order valence-corrected chi connectivity index (χ2v) is 5.83. The Hall–Kier alpha value is -3.05. The number of aryl methyl sites for hydroxylation is 1. The number of rotatable bonds is 4. The standard InChI is InChI=1S/C20H18N4S/c1-15-9-8-14-18(21-15)19(16-10-4-2-5-11-16)23-24-20(25)22-17-12-6-3-7-13-17/h2-14H,1H3,(H2,22,24,25)/b23-19-. The summed E-state index contributed by atoms with van der Waals surface area (Å²) in [7, 11) is 0. The van der Waals surface area contributed by atoms with Crippen molar-refractivity contribution in [3.8, 4) is 0 Å². The maximum Gasteiger partial charge on any atom is 0.191 e. The molecule has 0 aliphatic rings. The van der Waals surface area contributed by atoms with E-state index in [1.807, 2.05) is 85.8 Å². The summed E-state index contributed by atoms with van der Waals surface area (Å²) >= 11 is 5.33. The molecular weight excluding hydrogens is 328 g/mol. The van der Waals surface area contributed by atoms with Gasteiger partial charge < -0.3 is 5.32 Å². The lowest BCUT2D eigenvalue weighted by Gasteiger charge is -2.10. The van der Waals surface area contributed by atoms with E-state index in [9.17, 15) is 0 Å². The molecule has 5 heteroatoms. The first-order valence-electron chi connectivity index (χ1n) is 7.91. The maximum absolute atomic E-state index is 5.33. The van der Waals surface area contributed by atoms with E-state index in [0.717, 1.165) is 28.4 Å². The number of anilines is 1. The van der Waals surface area contributed by atoms with E-state index >= 15 is 0 Å². The molecule has 2 N–H and O–H groups in total. The van der Waals surface area contributed by atoms with E-state index in [0.29, 0.717) is 5.11 Å². The van der Waals surface area contributed by atoms with Crippen LogP contribution < -0.4 is 10.7 Å². The van der Waals surface area contributed by atoms with Gasteiger partial charge in [0.05, 0.1) is 5.69 Å². The first-order chi connectivity index (χ1) is 12.2. The van der Waals surface area contributed by atoms with Crippen molar-refractivity contribution >= 4 is 28.7 Å². The van der Waals surface area contributed by atoms with Crippen LogP contribution in [-0.2, 0) is 0 Å². The highest BCUT2D eigenvalue weighted by Crippen LogP contribution is 2.10. The second-order valence-electron chi connectivity index (χ2n) is 5.42. The van der Waals surface area contributed by atoms with Crippen molar-refractivity contribution in [1.29, 1.82) is 0 Å². The lowest BCUT2D eigenvalue weighted by atomic mass is 10.1. The van der Waals surface area contributed by atoms with E-state index in [-0.39, 0.29) is 0 Å². The van der Waals surface area contributed by atoms with Crippen molar-refractivity contribution in [2.45, 2.75) is 6.92 Å². The van der Waals surface area contributed by atoms with Gasteiger partial charge in [0, 0.05) is 16.9 Å². The summed E-state index contributed by atoms with van der Waals surface area (Å²) in [6, 6.07) is 25.5. The molecule has 0 aliphatic heterocycles. The van der Waals surface area contributed by atoms with Gasteiger partial charge in [-0.3, -0.25) is 10.4 Å². The van der Waals surface area contributed by atoms with Crippen LogP contribution in [0.2, 0.25) is 0 Å². The summed E-state index contributed by atoms with van der Waals surface area (Å²) in [6.07, 6.45) is 0. The first kappa shape index (κ1) is 16.8. The minimum atomic E-state index is 0.423. The Morgan fingerprint density at radius 3 is 2.24 bits per heavy atom. The third kappa shape index (κ3) is 4.71. The average Bonchev–Trinajstić information content (AvgIpc) is 2.64. The summed E-state index contributed by atoms with van der Waals surface area (Å²) in [4.78, 5) is 4.58. The Morgan fingerprint density at radius 1 is 0.880 bits per heavy atom. The van der Waals surface area contributed by atoms with Crippen LogP contribution in [0.25, 0.3) is 0 Å². The van der Waals surface area contributed by atoms with Gasteiger partial charge in [-0.25, -0.2) is 0 Å². The monoisotopic (exact) mass is 346 g/mol. The highest BCUT2D eigenvalue weighted by molar-refractivity contribution is 7.80. The van der Waals surface area contributed by atoms with Crippen molar-refractivity contribution in [1.82, 2.24) is 10.4 Å². The number of pyridine rings is 1. The topological polar surface area (TPSA) is 49.3 Å². The smallest absolute Gasteiger partial charge is 0.191 e. The molecule has 0 saturated carbocycles. The van der Waals surface area contributed by atoms with Crippen molar-refractivity contribution in [2.24, 2.45) is 5.10 Å².